The highest BCUT2D eigenvalue weighted by molar-refractivity contribution is 9.10. The van der Waals surface area contributed by atoms with Crippen molar-refractivity contribution in [2.45, 2.75) is 0 Å². The minimum Gasteiger partial charge on any atom is -0.268 e. The van der Waals surface area contributed by atoms with E-state index in [0.717, 1.165) is 6.07 Å². The van der Waals surface area contributed by atoms with Crippen LogP contribution in [0.5, 0.6) is 0 Å². The fourth-order valence-electron chi connectivity index (χ4n) is 0.934. The highest BCUT2D eigenvalue weighted by atomic mass is 79.9. The number of benzene rings is 1. The van der Waals surface area contributed by atoms with Gasteiger partial charge >= 0.3 is 0 Å². The predicted molar refractivity (Wildman–Crippen MR) is 53.9 cm³/mol. The van der Waals surface area contributed by atoms with E-state index in [2.05, 4.69) is 15.9 Å². The maximum atomic E-state index is 11.2. The van der Waals surface area contributed by atoms with Crippen LogP contribution in [0.1, 0.15) is 10.4 Å². The number of rotatable bonds is 2. The second kappa shape index (κ2) is 4.52. The molecule has 1 aromatic carbocycles. The number of halogens is 1. The molecule has 1 amide bonds. The Morgan fingerprint density at radius 2 is 2.20 bits per heavy atom. The number of hydrogen-bond donors (Lipinski definition) is 1. The normalized spacial score (nSPS) is 9.07. The summed E-state index contributed by atoms with van der Waals surface area (Å²) in [5.41, 5.74) is -0.162. The molecule has 6 nitrogen and oxygen atoms in total. The number of nitrogens with one attached hydrogen (secondary N) is 1. The lowest BCUT2D eigenvalue weighted by Crippen LogP contribution is -2.17. The second-order valence-electron chi connectivity index (χ2n) is 2.52. The summed E-state index contributed by atoms with van der Waals surface area (Å²) in [4.78, 5) is 21.1. The van der Waals surface area contributed by atoms with Crippen molar-refractivity contribution in [2.24, 2.45) is 0 Å². The number of amides is 1. The van der Waals surface area contributed by atoms with Crippen molar-refractivity contribution in [3.63, 3.8) is 0 Å². The van der Waals surface area contributed by atoms with Gasteiger partial charge in [0.2, 0.25) is 0 Å². The smallest absolute Gasteiger partial charge is 0.268 e. The number of nitro benzene ring substituents is 1. The Hall–Kier alpha value is -1.94. The summed E-state index contributed by atoms with van der Waals surface area (Å²) in [5.74, 6) is -0.679. The molecule has 1 aromatic rings. The van der Waals surface area contributed by atoms with Crippen molar-refractivity contribution in [3.8, 4) is 6.19 Å². The summed E-state index contributed by atoms with van der Waals surface area (Å²) >= 11 is 3.03. The van der Waals surface area contributed by atoms with E-state index in [-0.39, 0.29) is 11.3 Å². The third kappa shape index (κ3) is 2.75. The summed E-state index contributed by atoms with van der Waals surface area (Å²) in [6.07, 6.45) is 1.45. The van der Waals surface area contributed by atoms with E-state index in [1.807, 2.05) is 5.32 Å². The van der Waals surface area contributed by atoms with Crippen molar-refractivity contribution in [1.82, 2.24) is 5.32 Å². The third-order valence-electron chi connectivity index (χ3n) is 1.52. The summed E-state index contributed by atoms with van der Waals surface area (Å²) in [6.45, 7) is 0. The Morgan fingerprint density at radius 3 is 2.73 bits per heavy atom. The van der Waals surface area contributed by atoms with E-state index in [0.29, 0.717) is 4.47 Å². The van der Waals surface area contributed by atoms with Gasteiger partial charge in [-0.25, -0.2) is 0 Å². The van der Waals surface area contributed by atoms with Crippen LogP contribution in [0.4, 0.5) is 5.69 Å². The Labute approximate surface area is 92.8 Å². The second-order valence-corrected chi connectivity index (χ2v) is 3.44. The van der Waals surface area contributed by atoms with E-state index < -0.39 is 10.8 Å². The summed E-state index contributed by atoms with van der Waals surface area (Å²) in [6, 6.07) is 3.75. The zero-order valence-corrected chi connectivity index (χ0v) is 8.82. The molecule has 0 saturated carbocycles. The number of nitro groups is 1. The van der Waals surface area contributed by atoms with Crippen LogP contribution >= 0.6 is 15.9 Å². The molecule has 1 rings (SSSR count). The molecule has 0 aromatic heterocycles. The van der Waals surface area contributed by atoms with E-state index in [1.165, 1.54) is 18.3 Å². The van der Waals surface area contributed by atoms with Crippen LogP contribution < -0.4 is 5.32 Å². The van der Waals surface area contributed by atoms with Gasteiger partial charge in [-0.05, 0) is 6.07 Å². The Morgan fingerprint density at radius 1 is 1.53 bits per heavy atom. The predicted octanol–water partition coefficient (Wildman–Crippen LogP) is 1.57. The lowest BCUT2D eigenvalue weighted by Gasteiger charge is -1.99. The zero-order chi connectivity index (χ0) is 11.4. The van der Waals surface area contributed by atoms with E-state index >= 15 is 0 Å². The first-order chi connectivity index (χ1) is 7.04. The largest absolute Gasteiger partial charge is 0.271 e. The van der Waals surface area contributed by atoms with Gasteiger partial charge in [0.1, 0.15) is 0 Å². The van der Waals surface area contributed by atoms with Crippen LogP contribution in [-0.4, -0.2) is 10.8 Å². The summed E-state index contributed by atoms with van der Waals surface area (Å²) in [5, 5.41) is 20.6. The van der Waals surface area contributed by atoms with Gasteiger partial charge < -0.3 is 0 Å². The monoisotopic (exact) mass is 269 g/mol. The van der Waals surface area contributed by atoms with Crippen LogP contribution in [0.3, 0.4) is 0 Å². The number of nitriles is 1. The molecular weight excluding hydrogens is 266 g/mol. The fourth-order valence-corrected chi connectivity index (χ4v) is 1.41. The quantitative estimate of drug-likeness (QED) is 0.381. The van der Waals surface area contributed by atoms with Gasteiger partial charge in [-0.2, -0.15) is 5.26 Å². The number of nitrogens with zero attached hydrogens (tertiary/aromatic N) is 2. The standard InChI is InChI=1S/C8H4BrN3O3/c9-6-1-5(8(13)11-4-10)2-7(3-6)12(14)15/h1-3H,(H,11,13). The summed E-state index contributed by atoms with van der Waals surface area (Å²) in [7, 11) is 0. The van der Waals surface area contributed by atoms with Crippen LogP contribution in [-0.2, 0) is 0 Å². The molecular formula is C8H4BrN3O3. The molecule has 15 heavy (non-hydrogen) atoms. The Kier molecular flexibility index (Phi) is 3.36. The maximum absolute atomic E-state index is 11.2. The SMILES string of the molecule is N#CNC(=O)c1cc(Br)cc([N+](=O)[O-])c1. The molecule has 7 heteroatoms. The molecule has 0 saturated heterocycles. The molecule has 0 aliphatic heterocycles. The Bertz CT molecular complexity index is 467. The van der Waals surface area contributed by atoms with Crippen LogP contribution in [0.25, 0.3) is 0 Å². The average molecular weight is 270 g/mol. The van der Waals surface area contributed by atoms with Gasteiger partial charge in [-0.15, -0.1) is 0 Å². The lowest BCUT2D eigenvalue weighted by molar-refractivity contribution is -0.385. The first-order valence-corrected chi connectivity index (χ1v) is 4.48. The molecule has 76 valence electrons. The molecule has 0 atom stereocenters. The highest BCUT2D eigenvalue weighted by Gasteiger charge is 2.13. The first kappa shape index (κ1) is 11.1. The number of carbonyl (C=O) groups excluding carboxylic acids is 1. The van der Waals surface area contributed by atoms with E-state index in [9.17, 15) is 14.9 Å². The van der Waals surface area contributed by atoms with Crippen molar-refractivity contribution < 1.29 is 9.72 Å². The topological polar surface area (TPSA) is 96.0 Å². The molecule has 0 aliphatic rings. The number of carbonyl (C=O) groups is 1. The first-order valence-electron chi connectivity index (χ1n) is 3.69. The van der Waals surface area contributed by atoms with Gasteiger partial charge in [-0.1, -0.05) is 15.9 Å². The minimum atomic E-state index is -0.679. The number of hydrogen-bond acceptors (Lipinski definition) is 4. The molecule has 0 heterocycles. The summed E-state index contributed by atoms with van der Waals surface area (Å²) < 4.78 is 0.403. The maximum Gasteiger partial charge on any atom is 0.271 e. The highest BCUT2D eigenvalue weighted by Crippen LogP contribution is 2.21. The van der Waals surface area contributed by atoms with Gasteiger partial charge in [-0.3, -0.25) is 20.2 Å². The van der Waals surface area contributed by atoms with Gasteiger partial charge in [0.25, 0.3) is 11.6 Å². The molecule has 1 N–H and O–H groups in total. The number of non-ortho nitro benzene ring substituents is 1. The van der Waals surface area contributed by atoms with Crippen LogP contribution in [0, 0.1) is 21.6 Å². The van der Waals surface area contributed by atoms with Gasteiger partial charge in [0, 0.05) is 22.2 Å². The van der Waals surface area contributed by atoms with Crippen molar-refractivity contribution >= 4 is 27.5 Å². The fraction of sp³-hybridized carbons (Fsp3) is 0. The van der Waals surface area contributed by atoms with Crippen LogP contribution in [0.15, 0.2) is 22.7 Å². The van der Waals surface area contributed by atoms with Crippen LogP contribution in [0.2, 0.25) is 0 Å². The third-order valence-corrected chi connectivity index (χ3v) is 1.98. The van der Waals surface area contributed by atoms with Crippen molar-refractivity contribution in [3.05, 3.63) is 38.3 Å². The lowest BCUT2D eigenvalue weighted by atomic mass is 10.2. The van der Waals surface area contributed by atoms with E-state index in [4.69, 9.17) is 5.26 Å². The minimum absolute atomic E-state index is 0.0534. The van der Waals surface area contributed by atoms with Gasteiger partial charge in [0.05, 0.1) is 4.92 Å². The van der Waals surface area contributed by atoms with E-state index in [1.54, 1.807) is 0 Å². The van der Waals surface area contributed by atoms with Crippen molar-refractivity contribution in [1.29, 1.82) is 5.26 Å². The molecule has 0 aliphatic carbocycles. The average Bonchev–Trinajstić information content (AvgIpc) is 2.17. The molecule has 0 spiro atoms. The molecule has 0 fully saturated rings. The van der Waals surface area contributed by atoms with Gasteiger partial charge in [0.15, 0.2) is 6.19 Å². The zero-order valence-electron chi connectivity index (χ0n) is 7.23. The molecule has 0 unspecified atom stereocenters. The molecule has 0 radical (unpaired) electrons. The Balaban J connectivity index is 3.15. The van der Waals surface area contributed by atoms with Crippen molar-refractivity contribution in [2.75, 3.05) is 0 Å². The molecule has 0 bridgehead atoms.